The van der Waals surface area contributed by atoms with Crippen LogP contribution in [0, 0.1) is 0 Å². The molecule has 2 heterocycles. The summed E-state index contributed by atoms with van der Waals surface area (Å²) in [5, 5.41) is 13.5. The lowest BCUT2D eigenvalue weighted by atomic mass is 10.0. The number of hydrogen-bond acceptors (Lipinski definition) is 3. The maximum absolute atomic E-state index is 12.3. The number of aromatic nitrogens is 2. The summed E-state index contributed by atoms with van der Waals surface area (Å²) in [4.78, 5) is 12.3. The average Bonchev–Trinajstić information content (AvgIpc) is 3.18. The molecule has 0 saturated carbocycles. The Bertz CT molecular complexity index is 644. The fourth-order valence-electron chi connectivity index (χ4n) is 3.05. The Balaban J connectivity index is 1.68. The quantitative estimate of drug-likeness (QED) is 0.793. The fraction of sp³-hybridized carbons (Fsp3) is 0.412. The zero-order chi connectivity index (χ0) is 15.4. The first kappa shape index (κ1) is 14.8. The molecule has 116 valence electrons. The van der Waals surface area contributed by atoms with Crippen LogP contribution in [0.4, 0.5) is 5.69 Å². The van der Waals surface area contributed by atoms with Gasteiger partial charge in [0.15, 0.2) is 0 Å². The Hall–Kier alpha value is -2.14. The molecule has 5 nitrogen and oxygen atoms in total. The van der Waals surface area contributed by atoms with E-state index in [1.54, 1.807) is 6.20 Å². The largest absolute Gasteiger partial charge is 0.323 e. The van der Waals surface area contributed by atoms with Crippen molar-refractivity contribution in [3.8, 4) is 0 Å². The van der Waals surface area contributed by atoms with Gasteiger partial charge in [0, 0.05) is 12.5 Å². The van der Waals surface area contributed by atoms with Crippen LogP contribution in [0.15, 0.2) is 30.5 Å². The van der Waals surface area contributed by atoms with Crippen molar-refractivity contribution in [2.24, 2.45) is 0 Å². The third-order valence-electron chi connectivity index (χ3n) is 4.26. The number of H-pyrrole nitrogens is 1. The summed E-state index contributed by atoms with van der Waals surface area (Å²) in [6.07, 6.45) is 4.12. The van der Waals surface area contributed by atoms with Crippen molar-refractivity contribution in [1.29, 1.82) is 0 Å². The summed E-state index contributed by atoms with van der Waals surface area (Å²) < 4.78 is 0. The van der Waals surface area contributed by atoms with Crippen molar-refractivity contribution in [2.45, 2.75) is 32.1 Å². The van der Waals surface area contributed by atoms with E-state index in [0.717, 1.165) is 42.9 Å². The molecule has 0 spiro atoms. The van der Waals surface area contributed by atoms with Gasteiger partial charge in [-0.15, -0.1) is 0 Å². The molecule has 1 aromatic carbocycles. The number of rotatable bonds is 5. The molecule has 0 bridgehead atoms. The first-order valence-corrected chi connectivity index (χ1v) is 7.88. The molecule has 1 fully saturated rings. The zero-order valence-electron chi connectivity index (χ0n) is 12.9. The van der Waals surface area contributed by atoms with E-state index in [2.05, 4.69) is 33.8 Å². The minimum Gasteiger partial charge on any atom is -0.323 e. The van der Waals surface area contributed by atoms with Crippen molar-refractivity contribution in [3.63, 3.8) is 0 Å². The monoisotopic (exact) mass is 298 g/mol. The molecule has 5 heteroatoms. The number of carbonyl (C=O) groups is 1. The van der Waals surface area contributed by atoms with Crippen LogP contribution in [0.2, 0.25) is 0 Å². The third kappa shape index (κ3) is 3.20. The number of amides is 1. The van der Waals surface area contributed by atoms with Crippen molar-refractivity contribution in [2.75, 3.05) is 18.4 Å². The summed E-state index contributed by atoms with van der Waals surface area (Å²) in [5.41, 5.74) is 4.16. The zero-order valence-corrected chi connectivity index (χ0v) is 12.9. The molecular weight excluding hydrogens is 276 g/mol. The molecule has 1 aromatic heterocycles. The number of aromatic amines is 1. The van der Waals surface area contributed by atoms with E-state index in [4.69, 9.17) is 0 Å². The number of anilines is 1. The first-order valence-electron chi connectivity index (χ1n) is 7.88. The van der Waals surface area contributed by atoms with Gasteiger partial charge in [-0.25, -0.2) is 0 Å². The van der Waals surface area contributed by atoms with E-state index in [-0.39, 0.29) is 5.91 Å². The van der Waals surface area contributed by atoms with Gasteiger partial charge in [0.25, 0.3) is 0 Å². The summed E-state index contributed by atoms with van der Waals surface area (Å²) in [6.45, 7) is 4.06. The van der Waals surface area contributed by atoms with Gasteiger partial charge in [-0.3, -0.25) is 9.89 Å². The van der Waals surface area contributed by atoms with E-state index in [1.165, 1.54) is 5.56 Å². The molecule has 0 radical (unpaired) electrons. The minimum absolute atomic E-state index is 0.00880. The number of nitrogens with zero attached hydrogens (tertiary/aromatic N) is 1. The molecule has 3 rings (SSSR count). The lowest BCUT2D eigenvalue weighted by Crippen LogP contribution is -2.17. The van der Waals surface area contributed by atoms with Gasteiger partial charge in [0.2, 0.25) is 5.91 Å². The van der Waals surface area contributed by atoms with E-state index < -0.39 is 0 Å². The second-order valence-corrected chi connectivity index (χ2v) is 5.73. The number of aryl methyl sites for hydroxylation is 1. The van der Waals surface area contributed by atoms with Crippen molar-refractivity contribution in [1.82, 2.24) is 15.5 Å². The normalized spacial score (nSPS) is 17.6. The molecule has 1 amide bonds. The Morgan fingerprint density at radius 2 is 2.18 bits per heavy atom. The van der Waals surface area contributed by atoms with Crippen LogP contribution in [0.1, 0.15) is 36.1 Å². The molecule has 3 N–H and O–H groups in total. The maximum Gasteiger partial charge on any atom is 0.228 e. The van der Waals surface area contributed by atoms with E-state index in [0.29, 0.717) is 12.3 Å². The van der Waals surface area contributed by atoms with Gasteiger partial charge < -0.3 is 10.6 Å². The van der Waals surface area contributed by atoms with Crippen LogP contribution in [0.5, 0.6) is 0 Å². The molecule has 0 aliphatic carbocycles. The molecular formula is C17H22N4O. The highest BCUT2D eigenvalue weighted by Crippen LogP contribution is 2.26. The first-order chi connectivity index (χ1) is 10.8. The molecule has 2 aromatic rings. The van der Waals surface area contributed by atoms with Crippen molar-refractivity contribution >= 4 is 11.6 Å². The molecule has 22 heavy (non-hydrogen) atoms. The van der Waals surface area contributed by atoms with E-state index in [9.17, 15) is 4.79 Å². The number of benzene rings is 1. The Morgan fingerprint density at radius 3 is 2.91 bits per heavy atom. The SMILES string of the molecule is CCc1ccccc1CC(=O)Nc1cn[nH]c1C1CCNC1. The predicted octanol–water partition coefficient (Wildman–Crippen LogP) is 2.23. The lowest BCUT2D eigenvalue weighted by Gasteiger charge is -2.11. The van der Waals surface area contributed by atoms with E-state index >= 15 is 0 Å². The molecule has 1 unspecified atom stereocenters. The number of hydrogen-bond donors (Lipinski definition) is 3. The van der Waals surface area contributed by atoms with Crippen LogP contribution in [-0.4, -0.2) is 29.2 Å². The molecule has 1 atom stereocenters. The van der Waals surface area contributed by atoms with Crippen molar-refractivity contribution < 1.29 is 4.79 Å². The van der Waals surface area contributed by atoms with Gasteiger partial charge in [-0.1, -0.05) is 31.2 Å². The molecule has 1 aliphatic rings. The van der Waals surface area contributed by atoms with Crippen LogP contribution in [0.3, 0.4) is 0 Å². The lowest BCUT2D eigenvalue weighted by molar-refractivity contribution is -0.115. The maximum atomic E-state index is 12.3. The molecule has 1 saturated heterocycles. The second-order valence-electron chi connectivity index (χ2n) is 5.73. The summed E-state index contributed by atoms with van der Waals surface area (Å²) in [5.74, 6) is 0.412. The predicted molar refractivity (Wildman–Crippen MR) is 87.0 cm³/mol. The topological polar surface area (TPSA) is 69.8 Å². The summed E-state index contributed by atoms with van der Waals surface area (Å²) >= 11 is 0. The Morgan fingerprint density at radius 1 is 1.36 bits per heavy atom. The molecule has 1 aliphatic heterocycles. The highest BCUT2D eigenvalue weighted by Gasteiger charge is 2.22. The van der Waals surface area contributed by atoms with Crippen LogP contribution >= 0.6 is 0 Å². The van der Waals surface area contributed by atoms with Crippen molar-refractivity contribution in [3.05, 3.63) is 47.3 Å². The second kappa shape index (κ2) is 6.75. The standard InChI is InChI=1S/C17H22N4O/c1-2-12-5-3-4-6-13(12)9-16(22)20-15-11-19-21-17(15)14-7-8-18-10-14/h3-6,11,14,18H,2,7-10H2,1H3,(H,19,21)(H,20,22). The van der Waals surface area contributed by atoms with Gasteiger partial charge in [-0.2, -0.15) is 5.10 Å². The van der Waals surface area contributed by atoms with Gasteiger partial charge >= 0.3 is 0 Å². The average molecular weight is 298 g/mol. The number of carbonyl (C=O) groups excluding carboxylic acids is 1. The minimum atomic E-state index is 0.00880. The highest BCUT2D eigenvalue weighted by molar-refractivity contribution is 5.92. The van der Waals surface area contributed by atoms with Gasteiger partial charge in [0.05, 0.1) is 24.0 Å². The van der Waals surface area contributed by atoms with Gasteiger partial charge in [0.1, 0.15) is 0 Å². The Labute approximate surface area is 130 Å². The fourth-order valence-corrected chi connectivity index (χ4v) is 3.05. The van der Waals surface area contributed by atoms with E-state index in [1.807, 2.05) is 18.2 Å². The highest BCUT2D eigenvalue weighted by atomic mass is 16.1. The van der Waals surface area contributed by atoms with Crippen LogP contribution in [0.25, 0.3) is 0 Å². The summed E-state index contributed by atoms with van der Waals surface area (Å²) in [7, 11) is 0. The third-order valence-corrected chi connectivity index (χ3v) is 4.26. The number of nitrogens with one attached hydrogen (secondary N) is 3. The summed E-state index contributed by atoms with van der Waals surface area (Å²) in [6, 6.07) is 8.10. The van der Waals surface area contributed by atoms with Gasteiger partial charge in [-0.05, 0) is 30.5 Å². The van der Waals surface area contributed by atoms with Crippen LogP contribution < -0.4 is 10.6 Å². The Kier molecular flexibility index (Phi) is 4.53. The van der Waals surface area contributed by atoms with Crippen LogP contribution in [-0.2, 0) is 17.6 Å². The smallest absolute Gasteiger partial charge is 0.228 e.